The highest BCUT2D eigenvalue weighted by Crippen LogP contribution is 2.23. The molecule has 2 rings (SSSR count). The summed E-state index contributed by atoms with van der Waals surface area (Å²) in [7, 11) is 0. The molecule has 3 N–H and O–H groups in total. The third kappa shape index (κ3) is 4.06. The largest absolute Gasteiger partial charge is 0.481 e. The van der Waals surface area contributed by atoms with Crippen LogP contribution in [0.5, 0.6) is 0 Å². The van der Waals surface area contributed by atoms with Crippen molar-refractivity contribution in [1.29, 1.82) is 0 Å². The zero-order valence-corrected chi connectivity index (χ0v) is 11.5. The number of carboxylic acid groups (broad SMARTS) is 1. The van der Waals surface area contributed by atoms with Crippen LogP contribution >= 0.6 is 11.3 Å². The van der Waals surface area contributed by atoms with Crippen LogP contribution in [-0.4, -0.2) is 22.0 Å². The van der Waals surface area contributed by atoms with Crippen molar-refractivity contribution in [3.63, 3.8) is 0 Å². The predicted octanol–water partition coefficient (Wildman–Crippen LogP) is 2.47. The summed E-state index contributed by atoms with van der Waals surface area (Å²) in [6, 6.07) is 7.20. The highest BCUT2D eigenvalue weighted by atomic mass is 32.1. The van der Waals surface area contributed by atoms with E-state index in [1.807, 2.05) is 6.07 Å². The summed E-state index contributed by atoms with van der Waals surface area (Å²) in [4.78, 5) is 25.8. The first-order valence-electron chi connectivity index (χ1n) is 5.84. The van der Waals surface area contributed by atoms with Gasteiger partial charge in [0.2, 0.25) is 5.91 Å². The fraction of sp³-hybridized carbons (Fsp3) is 0.154. The molecule has 0 aliphatic heterocycles. The van der Waals surface area contributed by atoms with Gasteiger partial charge < -0.3 is 15.7 Å². The molecule has 0 aliphatic carbocycles. The van der Waals surface area contributed by atoms with E-state index in [0.717, 1.165) is 5.69 Å². The summed E-state index contributed by atoms with van der Waals surface area (Å²) in [6.07, 6.45) is -0.0931. The van der Waals surface area contributed by atoms with Crippen molar-refractivity contribution >= 4 is 39.7 Å². The highest BCUT2D eigenvalue weighted by Gasteiger charge is 2.06. The van der Waals surface area contributed by atoms with Crippen LogP contribution in [0.2, 0.25) is 0 Å². The molecule has 2 aromatic rings. The molecule has 0 unspecified atom stereocenters. The second-order valence-corrected chi connectivity index (χ2v) is 4.96. The molecule has 1 aromatic heterocycles. The Morgan fingerprint density at radius 2 is 2.10 bits per heavy atom. The molecule has 1 heterocycles. The quantitative estimate of drug-likeness (QED) is 0.787. The summed E-state index contributed by atoms with van der Waals surface area (Å²) in [5, 5.41) is 16.8. The van der Waals surface area contributed by atoms with E-state index >= 15 is 0 Å². The molecule has 0 atom stereocenters. The van der Waals surface area contributed by atoms with Gasteiger partial charge in [0.1, 0.15) is 0 Å². The Hall–Kier alpha value is -2.41. The number of hydrogen-bond acceptors (Lipinski definition) is 5. The van der Waals surface area contributed by atoms with E-state index in [1.54, 1.807) is 23.6 Å². The van der Waals surface area contributed by atoms with Crippen molar-refractivity contribution in [2.45, 2.75) is 13.3 Å². The standard InChI is InChI=1S/C13H13N3O3S/c1-8(17)14-9-3-2-4-10(5-9)15-13-16-11(7-20-13)6-12(18)19/h2-5,7H,6H2,1H3,(H,14,17)(H,15,16)(H,18,19). The number of benzene rings is 1. The number of anilines is 3. The first-order chi connectivity index (χ1) is 9.52. The van der Waals surface area contributed by atoms with Crippen LogP contribution in [0.4, 0.5) is 16.5 Å². The number of aliphatic carboxylic acids is 1. The molecule has 20 heavy (non-hydrogen) atoms. The van der Waals surface area contributed by atoms with E-state index in [-0.39, 0.29) is 12.3 Å². The Morgan fingerprint density at radius 3 is 2.80 bits per heavy atom. The third-order valence-electron chi connectivity index (χ3n) is 2.32. The minimum Gasteiger partial charge on any atom is -0.481 e. The minimum atomic E-state index is -0.908. The van der Waals surface area contributed by atoms with E-state index in [1.165, 1.54) is 18.3 Å². The van der Waals surface area contributed by atoms with E-state index in [9.17, 15) is 9.59 Å². The van der Waals surface area contributed by atoms with Crippen molar-refractivity contribution in [2.24, 2.45) is 0 Å². The van der Waals surface area contributed by atoms with Crippen molar-refractivity contribution in [3.05, 3.63) is 35.3 Å². The lowest BCUT2D eigenvalue weighted by Crippen LogP contribution is -2.05. The summed E-state index contributed by atoms with van der Waals surface area (Å²) in [6.45, 7) is 1.44. The number of nitrogens with zero attached hydrogens (tertiary/aromatic N) is 1. The number of carboxylic acids is 1. The second-order valence-electron chi connectivity index (χ2n) is 4.10. The summed E-state index contributed by atoms with van der Waals surface area (Å²) in [5.41, 5.74) is 1.97. The van der Waals surface area contributed by atoms with Crippen LogP contribution in [-0.2, 0) is 16.0 Å². The lowest BCUT2D eigenvalue weighted by atomic mass is 10.3. The van der Waals surface area contributed by atoms with Crippen LogP contribution in [0.3, 0.4) is 0 Å². The maximum atomic E-state index is 11.0. The number of hydrogen-bond donors (Lipinski definition) is 3. The van der Waals surface area contributed by atoms with Crippen molar-refractivity contribution < 1.29 is 14.7 Å². The summed E-state index contributed by atoms with van der Waals surface area (Å²) >= 11 is 1.33. The van der Waals surface area contributed by atoms with Crippen molar-refractivity contribution in [1.82, 2.24) is 4.98 Å². The molecular weight excluding hydrogens is 278 g/mol. The summed E-state index contributed by atoms with van der Waals surface area (Å²) < 4.78 is 0. The number of amides is 1. The maximum Gasteiger partial charge on any atom is 0.309 e. The van der Waals surface area contributed by atoms with Crippen LogP contribution < -0.4 is 10.6 Å². The molecule has 6 nitrogen and oxygen atoms in total. The van der Waals surface area contributed by atoms with E-state index in [2.05, 4.69) is 15.6 Å². The van der Waals surface area contributed by atoms with E-state index in [0.29, 0.717) is 16.5 Å². The first-order valence-corrected chi connectivity index (χ1v) is 6.72. The van der Waals surface area contributed by atoms with Gasteiger partial charge in [0.15, 0.2) is 5.13 Å². The molecule has 0 radical (unpaired) electrons. The van der Waals surface area contributed by atoms with Crippen LogP contribution in [0.15, 0.2) is 29.6 Å². The van der Waals surface area contributed by atoms with Gasteiger partial charge in [-0.25, -0.2) is 4.98 Å². The Kier molecular flexibility index (Phi) is 4.31. The fourth-order valence-electron chi connectivity index (χ4n) is 1.60. The van der Waals surface area contributed by atoms with Gasteiger partial charge in [0.05, 0.1) is 12.1 Å². The number of thiazole rings is 1. The zero-order chi connectivity index (χ0) is 14.5. The van der Waals surface area contributed by atoms with Crippen LogP contribution in [0.25, 0.3) is 0 Å². The second kappa shape index (κ2) is 6.16. The Balaban J connectivity index is 2.07. The smallest absolute Gasteiger partial charge is 0.309 e. The Bertz CT molecular complexity index is 639. The number of rotatable bonds is 5. The average Bonchev–Trinajstić information content (AvgIpc) is 2.75. The molecule has 0 aliphatic rings. The number of carbonyl (C=O) groups is 2. The fourth-order valence-corrected chi connectivity index (χ4v) is 2.33. The van der Waals surface area contributed by atoms with E-state index in [4.69, 9.17) is 5.11 Å². The van der Waals surface area contributed by atoms with Gasteiger partial charge in [-0.1, -0.05) is 6.07 Å². The molecule has 0 bridgehead atoms. The van der Waals surface area contributed by atoms with Crippen LogP contribution in [0.1, 0.15) is 12.6 Å². The van der Waals surface area contributed by atoms with Gasteiger partial charge in [-0.15, -0.1) is 11.3 Å². The number of aromatic nitrogens is 1. The van der Waals surface area contributed by atoms with Gasteiger partial charge in [-0.3, -0.25) is 9.59 Å². The van der Waals surface area contributed by atoms with Gasteiger partial charge >= 0.3 is 5.97 Å². The normalized spacial score (nSPS) is 10.1. The zero-order valence-electron chi connectivity index (χ0n) is 10.7. The molecular formula is C13H13N3O3S. The molecule has 0 fully saturated rings. The van der Waals surface area contributed by atoms with Gasteiger partial charge in [0, 0.05) is 23.7 Å². The van der Waals surface area contributed by atoms with E-state index < -0.39 is 5.97 Å². The van der Waals surface area contributed by atoms with Crippen molar-refractivity contribution in [3.8, 4) is 0 Å². The Morgan fingerprint density at radius 1 is 1.35 bits per heavy atom. The highest BCUT2D eigenvalue weighted by molar-refractivity contribution is 7.13. The lowest BCUT2D eigenvalue weighted by molar-refractivity contribution is -0.136. The molecule has 0 saturated carbocycles. The lowest BCUT2D eigenvalue weighted by Gasteiger charge is -2.06. The third-order valence-corrected chi connectivity index (χ3v) is 3.12. The first kappa shape index (κ1) is 14.0. The van der Waals surface area contributed by atoms with Gasteiger partial charge in [-0.2, -0.15) is 0 Å². The topological polar surface area (TPSA) is 91.3 Å². The maximum absolute atomic E-state index is 11.0. The molecule has 1 aromatic carbocycles. The van der Waals surface area contributed by atoms with Crippen molar-refractivity contribution in [2.75, 3.05) is 10.6 Å². The Labute approximate surface area is 119 Å². The van der Waals surface area contributed by atoms with Gasteiger partial charge in [-0.05, 0) is 18.2 Å². The average molecular weight is 291 g/mol. The predicted molar refractivity (Wildman–Crippen MR) is 77.5 cm³/mol. The number of nitrogens with one attached hydrogen (secondary N) is 2. The van der Waals surface area contributed by atoms with Crippen LogP contribution in [0, 0.1) is 0 Å². The minimum absolute atomic E-state index is 0.0931. The van der Waals surface area contributed by atoms with Gasteiger partial charge in [0.25, 0.3) is 0 Å². The molecule has 104 valence electrons. The molecule has 7 heteroatoms. The SMILES string of the molecule is CC(=O)Nc1cccc(Nc2nc(CC(=O)O)cs2)c1. The summed E-state index contributed by atoms with van der Waals surface area (Å²) in [5.74, 6) is -1.05. The molecule has 0 saturated heterocycles. The number of carbonyl (C=O) groups excluding carboxylic acids is 1. The monoisotopic (exact) mass is 291 g/mol. The molecule has 0 spiro atoms. The molecule has 1 amide bonds.